The van der Waals surface area contributed by atoms with Gasteiger partial charge in [-0.1, -0.05) is 42.8 Å². The van der Waals surface area contributed by atoms with Crippen LogP contribution in [0.5, 0.6) is 0 Å². The minimum atomic E-state index is -0.907. The first kappa shape index (κ1) is 22.6. The number of hydrogen-bond acceptors (Lipinski definition) is 3. The SMILES string of the molecule is CCC(=O)N(C)c1ccc(-c2ccc(C(=O)CCc3ccc(F)nc3F)cc2Cl)cc1. The van der Waals surface area contributed by atoms with Crippen LogP contribution in [0.1, 0.15) is 35.7 Å². The number of carbonyl (C=O) groups excluding carboxylic acids is 2. The Morgan fingerprint density at radius 1 is 1.03 bits per heavy atom. The largest absolute Gasteiger partial charge is 0.316 e. The summed E-state index contributed by atoms with van der Waals surface area (Å²) in [7, 11) is 1.72. The first-order chi connectivity index (χ1) is 14.8. The number of ketones is 1. The molecule has 0 spiro atoms. The molecule has 160 valence electrons. The van der Waals surface area contributed by atoms with Gasteiger partial charge in [0.05, 0.1) is 0 Å². The molecule has 7 heteroatoms. The van der Waals surface area contributed by atoms with Crippen molar-refractivity contribution in [2.24, 2.45) is 0 Å². The highest BCUT2D eigenvalue weighted by atomic mass is 35.5. The van der Waals surface area contributed by atoms with Crippen LogP contribution in [0, 0.1) is 11.9 Å². The van der Waals surface area contributed by atoms with Gasteiger partial charge in [-0.3, -0.25) is 9.59 Å². The molecule has 1 aromatic heterocycles. The van der Waals surface area contributed by atoms with Crippen molar-refractivity contribution in [1.29, 1.82) is 0 Å². The second kappa shape index (κ2) is 9.79. The molecule has 31 heavy (non-hydrogen) atoms. The van der Waals surface area contributed by atoms with Gasteiger partial charge in [0.2, 0.25) is 17.8 Å². The van der Waals surface area contributed by atoms with E-state index in [0.29, 0.717) is 17.0 Å². The number of pyridine rings is 1. The van der Waals surface area contributed by atoms with Crippen molar-refractivity contribution in [3.8, 4) is 11.1 Å². The first-order valence-electron chi connectivity index (χ1n) is 9.80. The number of rotatable bonds is 7. The van der Waals surface area contributed by atoms with Crippen molar-refractivity contribution in [2.45, 2.75) is 26.2 Å². The zero-order chi connectivity index (χ0) is 22.5. The number of anilines is 1. The summed E-state index contributed by atoms with van der Waals surface area (Å²) in [6, 6.07) is 14.8. The Labute approximate surface area is 184 Å². The number of aryl methyl sites for hydroxylation is 1. The summed E-state index contributed by atoms with van der Waals surface area (Å²) in [6.45, 7) is 1.81. The average molecular weight is 443 g/mol. The van der Waals surface area contributed by atoms with Crippen LogP contribution in [-0.4, -0.2) is 23.7 Å². The van der Waals surface area contributed by atoms with Gasteiger partial charge in [-0.15, -0.1) is 0 Å². The maximum atomic E-state index is 13.6. The third kappa shape index (κ3) is 5.33. The second-order valence-electron chi connectivity index (χ2n) is 7.05. The maximum absolute atomic E-state index is 13.6. The van der Waals surface area contributed by atoms with Gasteiger partial charge in [0.25, 0.3) is 0 Å². The van der Waals surface area contributed by atoms with Gasteiger partial charge in [0, 0.05) is 47.3 Å². The molecular formula is C24H21ClF2N2O2. The van der Waals surface area contributed by atoms with E-state index in [1.807, 2.05) is 31.2 Å². The number of Topliss-reactive ketones (excluding diaryl/α,β-unsaturated/α-hetero) is 1. The highest BCUT2D eigenvalue weighted by molar-refractivity contribution is 6.33. The zero-order valence-electron chi connectivity index (χ0n) is 17.2. The van der Waals surface area contributed by atoms with Crippen molar-refractivity contribution in [1.82, 2.24) is 4.98 Å². The lowest BCUT2D eigenvalue weighted by Crippen LogP contribution is -2.24. The maximum Gasteiger partial charge on any atom is 0.226 e. The summed E-state index contributed by atoms with van der Waals surface area (Å²) >= 11 is 6.41. The van der Waals surface area contributed by atoms with Gasteiger partial charge in [0.1, 0.15) is 0 Å². The number of hydrogen-bond donors (Lipinski definition) is 0. The van der Waals surface area contributed by atoms with Crippen molar-refractivity contribution < 1.29 is 18.4 Å². The van der Waals surface area contributed by atoms with Crippen LogP contribution in [-0.2, 0) is 11.2 Å². The minimum absolute atomic E-state index is 0.0185. The lowest BCUT2D eigenvalue weighted by molar-refractivity contribution is -0.118. The monoisotopic (exact) mass is 442 g/mol. The molecule has 3 aromatic rings. The Morgan fingerprint density at radius 2 is 1.74 bits per heavy atom. The summed E-state index contributed by atoms with van der Waals surface area (Å²) in [6.07, 6.45) is 0.582. The predicted octanol–water partition coefficient (Wildman–Crippen LogP) is 5.87. The van der Waals surface area contributed by atoms with Crippen LogP contribution >= 0.6 is 11.6 Å². The molecule has 0 aliphatic carbocycles. The molecule has 0 N–H and O–H groups in total. The van der Waals surface area contributed by atoms with Gasteiger partial charge in [-0.2, -0.15) is 13.8 Å². The molecule has 3 rings (SSSR count). The topological polar surface area (TPSA) is 50.3 Å². The third-order valence-corrected chi connectivity index (χ3v) is 5.36. The van der Waals surface area contributed by atoms with E-state index >= 15 is 0 Å². The van der Waals surface area contributed by atoms with E-state index in [0.717, 1.165) is 22.9 Å². The molecule has 0 atom stereocenters. The van der Waals surface area contributed by atoms with Crippen LogP contribution < -0.4 is 4.90 Å². The minimum Gasteiger partial charge on any atom is -0.316 e. The Bertz CT molecular complexity index is 1120. The molecule has 0 bridgehead atoms. The molecule has 0 aliphatic rings. The van der Waals surface area contributed by atoms with E-state index in [1.165, 1.54) is 6.07 Å². The van der Waals surface area contributed by atoms with Gasteiger partial charge in [-0.25, -0.2) is 0 Å². The Kier molecular flexibility index (Phi) is 7.13. The Morgan fingerprint density at radius 3 is 2.35 bits per heavy atom. The molecule has 0 fully saturated rings. The summed E-state index contributed by atoms with van der Waals surface area (Å²) in [5.41, 5.74) is 2.98. The standard InChI is InChI=1S/C24H21ClF2N2O2/c1-3-23(31)29(2)18-9-4-15(5-10-18)19-11-6-17(14-20(19)25)21(30)12-7-16-8-13-22(26)28-24(16)27/h4-6,8-11,13-14H,3,7,12H2,1-2H3. The van der Waals surface area contributed by atoms with E-state index in [2.05, 4.69) is 4.98 Å². The first-order valence-corrected chi connectivity index (χ1v) is 10.2. The van der Waals surface area contributed by atoms with Crippen molar-refractivity contribution in [3.63, 3.8) is 0 Å². The number of halogens is 3. The normalized spacial score (nSPS) is 10.7. The molecule has 2 aromatic carbocycles. The average Bonchev–Trinajstić information content (AvgIpc) is 2.77. The number of aromatic nitrogens is 1. The molecule has 4 nitrogen and oxygen atoms in total. The zero-order valence-corrected chi connectivity index (χ0v) is 17.9. The highest BCUT2D eigenvalue weighted by Crippen LogP contribution is 2.30. The van der Waals surface area contributed by atoms with Crippen molar-refractivity contribution >= 4 is 29.0 Å². The lowest BCUT2D eigenvalue weighted by atomic mass is 9.99. The van der Waals surface area contributed by atoms with Gasteiger partial charge >= 0.3 is 0 Å². The predicted molar refractivity (Wildman–Crippen MR) is 117 cm³/mol. The summed E-state index contributed by atoms with van der Waals surface area (Å²) < 4.78 is 26.5. The van der Waals surface area contributed by atoms with Gasteiger partial charge in [-0.05, 0) is 42.3 Å². The van der Waals surface area contributed by atoms with Crippen LogP contribution in [0.4, 0.5) is 14.5 Å². The Balaban J connectivity index is 1.72. The number of nitrogens with zero attached hydrogens (tertiary/aromatic N) is 2. The smallest absolute Gasteiger partial charge is 0.226 e. The lowest BCUT2D eigenvalue weighted by Gasteiger charge is -2.17. The molecule has 0 radical (unpaired) electrons. The molecule has 0 unspecified atom stereocenters. The summed E-state index contributed by atoms with van der Waals surface area (Å²) in [5.74, 6) is -1.99. The fraction of sp³-hybridized carbons (Fsp3) is 0.208. The van der Waals surface area contributed by atoms with E-state index in [9.17, 15) is 18.4 Å². The van der Waals surface area contributed by atoms with E-state index < -0.39 is 11.9 Å². The van der Waals surface area contributed by atoms with Crippen LogP contribution in [0.25, 0.3) is 11.1 Å². The van der Waals surface area contributed by atoms with Crippen molar-refractivity contribution in [2.75, 3.05) is 11.9 Å². The third-order valence-electron chi connectivity index (χ3n) is 5.05. The molecule has 1 heterocycles. The van der Waals surface area contributed by atoms with Crippen molar-refractivity contribution in [3.05, 3.63) is 82.6 Å². The Hall–Kier alpha value is -3.12. The second-order valence-corrected chi connectivity index (χ2v) is 7.46. The molecule has 0 aliphatic heterocycles. The molecule has 0 saturated carbocycles. The van der Waals surface area contributed by atoms with E-state index in [-0.39, 0.29) is 30.1 Å². The summed E-state index contributed by atoms with van der Waals surface area (Å²) in [4.78, 5) is 29.0. The van der Waals surface area contributed by atoms with E-state index in [4.69, 9.17) is 11.6 Å². The van der Waals surface area contributed by atoms with Crippen LogP contribution in [0.3, 0.4) is 0 Å². The fourth-order valence-electron chi connectivity index (χ4n) is 3.19. The number of carbonyl (C=O) groups is 2. The van der Waals surface area contributed by atoms with Crippen LogP contribution in [0.2, 0.25) is 5.02 Å². The molecular weight excluding hydrogens is 422 g/mol. The van der Waals surface area contributed by atoms with Gasteiger partial charge < -0.3 is 4.90 Å². The molecule has 0 saturated heterocycles. The highest BCUT2D eigenvalue weighted by Gasteiger charge is 2.13. The van der Waals surface area contributed by atoms with E-state index in [1.54, 1.807) is 30.1 Å². The molecule has 1 amide bonds. The number of amides is 1. The fourth-order valence-corrected chi connectivity index (χ4v) is 3.48. The quantitative estimate of drug-likeness (QED) is 0.339. The van der Waals surface area contributed by atoms with Gasteiger partial charge in [0.15, 0.2) is 5.78 Å². The summed E-state index contributed by atoms with van der Waals surface area (Å²) in [5, 5.41) is 0.409. The van der Waals surface area contributed by atoms with Crippen LogP contribution in [0.15, 0.2) is 54.6 Å². The number of benzene rings is 2.